The number of sulfone groups is 1. The molecular weight excluding hydrogens is 267 g/mol. The fourth-order valence-corrected chi connectivity index (χ4v) is 4.31. The lowest BCUT2D eigenvalue weighted by Crippen LogP contribution is -2.15. The number of nitrogens with zero attached hydrogens (tertiary/aromatic N) is 2. The number of rotatable bonds is 3. The smallest absolute Gasteiger partial charge is 0.169 e. The maximum absolute atomic E-state index is 12.9. The van der Waals surface area contributed by atoms with E-state index in [1.54, 1.807) is 0 Å². The van der Waals surface area contributed by atoms with Gasteiger partial charge in [0.2, 0.25) is 0 Å². The van der Waals surface area contributed by atoms with E-state index in [9.17, 15) is 12.8 Å². The first-order valence-corrected chi connectivity index (χ1v) is 7.44. The van der Waals surface area contributed by atoms with Crippen molar-refractivity contribution in [2.45, 2.75) is 18.1 Å². The van der Waals surface area contributed by atoms with Gasteiger partial charge in [0.1, 0.15) is 11.1 Å². The summed E-state index contributed by atoms with van der Waals surface area (Å²) in [7, 11) is -3.50. The fraction of sp³-hybridized carbons (Fsp3) is 0.385. The van der Waals surface area contributed by atoms with Gasteiger partial charge in [0.25, 0.3) is 0 Å². The van der Waals surface area contributed by atoms with Crippen molar-refractivity contribution in [3.05, 3.63) is 35.6 Å². The maximum Gasteiger partial charge on any atom is 0.169 e. The van der Waals surface area contributed by atoms with Crippen LogP contribution in [0.5, 0.6) is 0 Å². The van der Waals surface area contributed by atoms with Crippen LogP contribution in [0, 0.1) is 33.9 Å². The molecule has 1 aromatic carbocycles. The minimum atomic E-state index is -3.50. The Morgan fingerprint density at radius 2 is 1.79 bits per heavy atom. The molecule has 1 fully saturated rings. The van der Waals surface area contributed by atoms with E-state index >= 15 is 0 Å². The molecule has 0 saturated heterocycles. The highest BCUT2D eigenvalue weighted by molar-refractivity contribution is 7.92. The van der Waals surface area contributed by atoms with E-state index in [0.717, 1.165) is 0 Å². The van der Waals surface area contributed by atoms with Gasteiger partial charge >= 0.3 is 0 Å². The Labute approximate surface area is 111 Å². The largest absolute Gasteiger partial charge is 0.228 e. The van der Waals surface area contributed by atoms with Crippen LogP contribution in [0.1, 0.15) is 18.4 Å². The Morgan fingerprint density at radius 1 is 1.26 bits per heavy atom. The molecule has 0 N–H and O–H groups in total. The molecule has 0 unspecified atom stereocenters. The number of nitriles is 2. The number of hydrogen-bond donors (Lipinski definition) is 0. The highest BCUT2D eigenvalue weighted by atomic mass is 32.2. The van der Waals surface area contributed by atoms with Gasteiger partial charge in [-0.15, -0.1) is 0 Å². The van der Waals surface area contributed by atoms with Crippen LogP contribution in [-0.2, 0) is 9.84 Å². The summed E-state index contributed by atoms with van der Waals surface area (Å²) < 4.78 is 36.8. The second kappa shape index (κ2) is 4.32. The zero-order valence-electron chi connectivity index (χ0n) is 10.2. The van der Waals surface area contributed by atoms with Gasteiger partial charge in [-0.05, 0) is 17.7 Å². The van der Waals surface area contributed by atoms with Crippen molar-refractivity contribution in [1.29, 1.82) is 10.5 Å². The normalized spacial score (nSPS) is 24.2. The summed E-state index contributed by atoms with van der Waals surface area (Å²) in [4.78, 5) is 0. The third kappa shape index (κ3) is 1.89. The first-order chi connectivity index (χ1) is 8.93. The Hall–Kier alpha value is -1.92. The molecule has 2 rings (SSSR count). The quantitative estimate of drug-likeness (QED) is 0.843. The zero-order chi connectivity index (χ0) is 14.3. The molecule has 1 aromatic rings. The van der Waals surface area contributed by atoms with E-state index < -0.39 is 32.2 Å². The molecule has 1 aliphatic rings. The van der Waals surface area contributed by atoms with Gasteiger partial charge in [0.05, 0.1) is 12.1 Å². The second-order valence-corrected chi connectivity index (χ2v) is 6.90. The Morgan fingerprint density at radius 3 is 2.21 bits per heavy atom. The van der Waals surface area contributed by atoms with Gasteiger partial charge in [0, 0.05) is 11.7 Å². The third-order valence-corrected chi connectivity index (χ3v) is 5.74. The minimum absolute atomic E-state index is 0.125. The predicted molar refractivity (Wildman–Crippen MR) is 66.0 cm³/mol. The van der Waals surface area contributed by atoms with Gasteiger partial charge in [-0.2, -0.15) is 10.5 Å². The Bertz CT molecular complexity index is 669. The molecule has 6 heteroatoms. The first-order valence-electron chi connectivity index (χ1n) is 5.72. The van der Waals surface area contributed by atoms with Gasteiger partial charge in [0.15, 0.2) is 15.3 Å². The summed E-state index contributed by atoms with van der Waals surface area (Å²) in [6.07, 6.45) is 0. The SMILES string of the molecule is CCS(=O)(=O)[C@@H]1[C@H](c2ccc(F)cc2)C1(C#N)C#N. The molecule has 4 nitrogen and oxygen atoms in total. The summed E-state index contributed by atoms with van der Waals surface area (Å²) in [6, 6.07) is 8.89. The van der Waals surface area contributed by atoms with Crippen LogP contribution in [0.3, 0.4) is 0 Å². The maximum atomic E-state index is 12.9. The van der Waals surface area contributed by atoms with E-state index in [0.29, 0.717) is 5.56 Å². The lowest BCUT2D eigenvalue weighted by Gasteiger charge is -1.99. The average Bonchev–Trinajstić information content (AvgIpc) is 3.10. The minimum Gasteiger partial charge on any atom is -0.228 e. The van der Waals surface area contributed by atoms with Crippen LogP contribution in [-0.4, -0.2) is 19.4 Å². The molecule has 1 saturated carbocycles. The van der Waals surface area contributed by atoms with E-state index in [1.807, 2.05) is 12.1 Å². The number of benzene rings is 1. The van der Waals surface area contributed by atoms with Crippen LogP contribution in [0.15, 0.2) is 24.3 Å². The summed E-state index contributed by atoms with van der Waals surface area (Å²) in [6.45, 7) is 1.48. The van der Waals surface area contributed by atoms with E-state index in [-0.39, 0.29) is 5.75 Å². The third-order valence-electron chi connectivity index (χ3n) is 3.52. The van der Waals surface area contributed by atoms with Crippen LogP contribution in [0.2, 0.25) is 0 Å². The van der Waals surface area contributed by atoms with Crippen LogP contribution >= 0.6 is 0 Å². The first kappa shape index (κ1) is 13.5. The van der Waals surface area contributed by atoms with Crippen molar-refractivity contribution < 1.29 is 12.8 Å². The molecule has 2 atom stereocenters. The van der Waals surface area contributed by atoms with Crippen LogP contribution in [0.25, 0.3) is 0 Å². The highest BCUT2D eigenvalue weighted by Gasteiger charge is 2.72. The molecule has 0 spiro atoms. The molecule has 1 aliphatic carbocycles. The molecule has 19 heavy (non-hydrogen) atoms. The van der Waals surface area contributed by atoms with Crippen molar-refractivity contribution in [3.8, 4) is 12.1 Å². The molecule has 0 bridgehead atoms. The molecule has 0 aliphatic heterocycles. The van der Waals surface area contributed by atoms with E-state index in [1.165, 1.54) is 31.2 Å². The molecule has 0 radical (unpaired) electrons. The Kier molecular flexibility index (Phi) is 3.07. The second-order valence-electron chi connectivity index (χ2n) is 4.49. The monoisotopic (exact) mass is 278 g/mol. The number of halogens is 1. The summed E-state index contributed by atoms with van der Waals surface area (Å²) in [5.41, 5.74) is -1.04. The predicted octanol–water partition coefficient (Wildman–Crippen LogP) is 1.76. The van der Waals surface area contributed by atoms with Crippen molar-refractivity contribution >= 4 is 9.84 Å². The van der Waals surface area contributed by atoms with Crippen LogP contribution in [0.4, 0.5) is 4.39 Å². The zero-order valence-corrected chi connectivity index (χ0v) is 11.0. The molecular formula is C13H11FN2O2S. The van der Waals surface area contributed by atoms with Gasteiger partial charge in [-0.1, -0.05) is 19.1 Å². The average molecular weight is 278 g/mol. The topological polar surface area (TPSA) is 81.7 Å². The molecule has 0 heterocycles. The standard InChI is InChI=1S/C13H11FN2O2S/c1-2-19(17,18)12-11(13(12,7-15)8-16)9-3-5-10(14)6-4-9/h3-6,11-12H,2H2,1H3/t11-,12+/m0/s1. The van der Waals surface area contributed by atoms with Crippen molar-refractivity contribution in [2.24, 2.45) is 5.41 Å². The van der Waals surface area contributed by atoms with E-state index in [2.05, 4.69) is 0 Å². The van der Waals surface area contributed by atoms with E-state index in [4.69, 9.17) is 10.5 Å². The fourth-order valence-electron chi connectivity index (χ4n) is 2.43. The summed E-state index contributed by atoms with van der Waals surface area (Å²) in [5, 5.41) is 17.3. The van der Waals surface area contributed by atoms with Crippen LogP contribution < -0.4 is 0 Å². The molecule has 0 amide bonds. The van der Waals surface area contributed by atoms with Gasteiger partial charge in [-0.25, -0.2) is 12.8 Å². The lowest BCUT2D eigenvalue weighted by molar-refractivity contribution is 0.592. The summed E-state index contributed by atoms with van der Waals surface area (Å²) >= 11 is 0. The van der Waals surface area contributed by atoms with Crippen molar-refractivity contribution in [3.63, 3.8) is 0 Å². The van der Waals surface area contributed by atoms with Crippen molar-refractivity contribution in [2.75, 3.05) is 5.75 Å². The molecule has 98 valence electrons. The number of hydrogen-bond acceptors (Lipinski definition) is 4. The summed E-state index contributed by atoms with van der Waals surface area (Å²) in [5.74, 6) is -1.27. The van der Waals surface area contributed by atoms with Gasteiger partial charge < -0.3 is 0 Å². The van der Waals surface area contributed by atoms with Crippen molar-refractivity contribution in [1.82, 2.24) is 0 Å². The van der Waals surface area contributed by atoms with Gasteiger partial charge in [-0.3, -0.25) is 0 Å². The molecule has 0 aromatic heterocycles. The highest BCUT2D eigenvalue weighted by Crippen LogP contribution is 2.62. The Balaban J connectivity index is 2.50. The lowest BCUT2D eigenvalue weighted by atomic mass is 10.0.